The monoisotopic (exact) mass is 255 g/mol. The maximum atomic E-state index is 9.84. The normalized spacial score (nSPS) is 24.5. The summed E-state index contributed by atoms with van der Waals surface area (Å²) in [7, 11) is 0. The maximum absolute atomic E-state index is 9.84. The molecule has 4 nitrogen and oxygen atoms in total. The zero-order valence-corrected chi connectivity index (χ0v) is 11.0. The lowest BCUT2D eigenvalue weighted by Crippen LogP contribution is -2.33. The first-order valence-electron chi connectivity index (χ1n) is 5.87. The standard InChI is InChI=1S/C12H18ClN3O/c1-12(2)5-10(17)3-4-16(8-12)11-14-6-9(13)7-15-11/h6-7,10,17H,3-5,8H2,1-2H3. The molecular formula is C12H18ClN3O. The average Bonchev–Trinajstić information content (AvgIpc) is 2.37. The van der Waals surface area contributed by atoms with E-state index in [1.807, 2.05) is 0 Å². The Morgan fingerprint density at radius 3 is 2.71 bits per heavy atom. The summed E-state index contributed by atoms with van der Waals surface area (Å²) in [6, 6.07) is 0. The van der Waals surface area contributed by atoms with Gasteiger partial charge in [-0.15, -0.1) is 0 Å². The van der Waals surface area contributed by atoms with E-state index in [9.17, 15) is 5.11 Å². The minimum Gasteiger partial charge on any atom is -0.393 e. The molecule has 0 bridgehead atoms. The fourth-order valence-corrected chi connectivity index (χ4v) is 2.44. The van der Waals surface area contributed by atoms with Crippen LogP contribution >= 0.6 is 11.6 Å². The van der Waals surface area contributed by atoms with Crippen molar-refractivity contribution in [3.8, 4) is 0 Å². The molecule has 5 heteroatoms. The zero-order valence-electron chi connectivity index (χ0n) is 10.2. The number of nitrogens with zero attached hydrogens (tertiary/aromatic N) is 3. The highest BCUT2D eigenvalue weighted by Crippen LogP contribution is 2.29. The second-order valence-electron chi connectivity index (χ2n) is 5.43. The highest BCUT2D eigenvalue weighted by Gasteiger charge is 2.30. The van der Waals surface area contributed by atoms with Crippen LogP contribution < -0.4 is 4.90 Å². The summed E-state index contributed by atoms with van der Waals surface area (Å²) < 4.78 is 0. The Kier molecular flexibility index (Phi) is 3.54. The number of aromatic nitrogens is 2. The quantitative estimate of drug-likeness (QED) is 0.835. The Morgan fingerprint density at radius 1 is 1.41 bits per heavy atom. The van der Waals surface area contributed by atoms with Gasteiger partial charge in [-0.2, -0.15) is 0 Å². The van der Waals surface area contributed by atoms with Crippen LogP contribution in [0.3, 0.4) is 0 Å². The van der Waals surface area contributed by atoms with Crippen molar-refractivity contribution in [1.29, 1.82) is 0 Å². The van der Waals surface area contributed by atoms with Gasteiger partial charge in [0.2, 0.25) is 5.95 Å². The predicted molar refractivity (Wildman–Crippen MR) is 68.3 cm³/mol. The number of rotatable bonds is 1. The lowest BCUT2D eigenvalue weighted by molar-refractivity contribution is 0.123. The summed E-state index contributed by atoms with van der Waals surface area (Å²) in [5, 5.41) is 10.4. The van der Waals surface area contributed by atoms with E-state index in [0.29, 0.717) is 11.0 Å². The third-order valence-corrected chi connectivity index (χ3v) is 3.22. The number of aliphatic hydroxyl groups excluding tert-OH is 1. The summed E-state index contributed by atoms with van der Waals surface area (Å²) >= 11 is 5.78. The van der Waals surface area contributed by atoms with Gasteiger partial charge in [0, 0.05) is 13.1 Å². The second kappa shape index (κ2) is 4.78. The lowest BCUT2D eigenvalue weighted by Gasteiger charge is -2.29. The molecule has 1 aromatic heterocycles. The third-order valence-electron chi connectivity index (χ3n) is 3.03. The van der Waals surface area contributed by atoms with Crippen LogP contribution in [0, 0.1) is 5.41 Å². The molecule has 1 atom stereocenters. The lowest BCUT2D eigenvalue weighted by atomic mass is 9.87. The average molecular weight is 256 g/mol. The van der Waals surface area contributed by atoms with E-state index in [2.05, 4.69) is 28.7 Å². The predicted octanol–water partition coefficient (Wildman–Crippen LogP) is 2.12. The van der Waals surface area contributed by atoms with E-state index in [-0.39, 0.29) is 11.5 Å². The first-order valence-corrected chi connectivity index (χ1v) is 6.25. The van der Waals surface area contributed by atoms with Gasteiger partial charge in [0.05, 0.1) is 23.5 Å². The summed E-state index contributed by atoms with van der Waals surface area (Å²) in [4.78, 5) is 10.6. The molecule has 1 N–H and O–H groups in total. The molecule has 1 aromatic rings. The van der Waals surface area contributed by atoms with E-state index in [1.54, 1.807) is 12.4 Å². The number of anilines is 1. The van der Waals surface area contributed by atoms with Crippen LogP contribution in [0.2, 0.25) is 5.02 Å². The van der Waals surface area contributed by atoms with Gasteiger partial charge in [-0.25, -0.2) is 9.97 Å². The molecule has 0 aliphatic carbocycles. The summed E-state index contributed by atoms with van der Waals surface area (Å²) in [5.41, 5.74) is 0.0684. The number of hydrogen-bond donors (Lipinski definition) is 1. The van der Waals surface area contributed by atoms with Crippen molar-refractivity contribution < 1.29 is 5.11 Å². The maximum Gasteiger partial charge on any atom is 0.225 e. The van der Waals surface area contributed by atoms with Crippen molar-refractivity contribution in [2.24, 2.45) is 5.41 Å². The van der Waals surface area contributed by atoms with Gasteiger partial charge in [0.15, 0.2) is 0 Å². The highest BCUT2D eigenvalue weighted by atomic mass is 35.5. The molecular weight excluding hydrogens is 238 g/mol. The fraction of sp³-hybridized carbons (Fsp3) is 0.667. The van der Waals surface area contributed by atoms with Gasteiger partial charge in [0.25, 0.3) is 0 Å². The molecule has 1 fully saturated rings. The number of aliphatic hydroxyl groups is 1. The number of hydrogen-bond acceptors (Lipinski definition) is 4. The smallest absolute Gasteiger partial charge is 0.225 e. The van der Waals surface area contributed by atoms with Crippen LogP contribution in [0.25, 0.3) is 0 Å². The van der Waals surface area contributed by atoms with Gasteiger partial charge in [-0.05, 0) is 18.3 Å². The van der Waals surface area contributed by atoms with Crippen molar-refractivity contribution in [2.45, 2.75) is 32.8 Å². The minimum atomic E-state index is -0.234. The molecule has 1 aliphatic rings. The van der Waals surface area contributed by atoms with Crippen LogP contribution in [0.4, 0.5) is 5.95 Å². The molecule has 0 spiro atoms. The molecule has 0 saturated carbocycles. The molecule has 2 rings (SSSR count). The third kappa shape index (κ3) is 3.30. The van der Waals surface area contributed by atoms with E-state index in [4.69, 9.17) is 11.6 Å². The van der Waals surface area contributed by atoms with E-state index in [0.717, 1.165) is 25.9 Å². The Hall–Kier alpha value is -0.870. The topological polar surface area (TPSA) is 49.2 Å². The van der Waals surface area contributed by atoms with Crippen LogP contribution in [-0.2, 0) is 0 Å². The van der Waals surface area contributed by atoms with Gasteiger partial charge in [0.1, 0.15) is 0 Å². The summed E-state index contributed by atoms with van der Waals surface area (Å²) in [6.45, 7) is 5.95. The first-order chi connectivity index (χ1) is 7.96. The molecule has 17 heavy (non-hydrogen) atoms. The molecule has 0 aromatic carbocycles. The Labute approximate surface area is 107 Å². The van der Waals surface area contributed by atoms with Crippen molar-refractivity contribution >= 4 is 17.5 Å². The summed E-state index contributed by atoms with van der Waals surface area (Å²) in [6.07, 6.45) is 4.56. The van der Waals surface area contributed by atoms with Crippen LogP contribution in [0.15, 0.2) is 12.4 Å². The van der Waals surface area contributed by atoms with Crippen LogP contribution in [-0.4, -0.2) is 34.3 Å². The zero-order chi connectivity index (χ0) is 12.5. The van der Waals surface area contributed by atoms with Crippen molar-refractivity contribution in [2.75, 3.05) is 18.0 Å². The summed E-state index contributed by atoms with van der Waals surface area (Å²) in [5.74, 6) is 0.691. The Balaban J connectivity index is 2.17. The van der Waals surface area contributed by atoms with Crippen LogP contribution in [0.5, 0.6) is 0 Å². The largest absolute Gasteiger partial charge is 0.393 e. The van der Waals surface area contributed by atoms with Crippen molar-refractivity contribution in [3.63, 3.8) is 0 Å². The molecule has 0 radical (unpaired) electrons. The number of halogens is 1. The van der Waals surface area contributed by atoms with Gasteiger partial charge < -0.3 is 10.0 Å². The Morgan fingerprint density at radius 2 is 2.06 bits per heavy atom. The first kappa shape index (κ1) is 12.6. The Bertz CT molecular complexity index is 380. The van der Waals surface area contributed by atoms with E-state index < -0.39 is 0 Å². The van der Waals surface area contributed by atoms with Crippen molar-refractivity contribution in [1.82, 2.24) is 9.97 Å². The molecule has 0 amide bonds. The van der Waals surface area contributed by atoms with E-state index >= 15 is 0 Å². The minimum absolute atomic E-state index is 0.0684. The van der Waals surface area contributed by atoms with Gasteiger partial charge in [-0.1, -0.05) is 25.4 Å². The molecule has 94 valence electrons. The van der Waals surface area contributed by atoms with Crippen LogP contribution in [0.1, 0.15) is 26.7 Å². The second-order valence-corrected chi connectivity index (χ2v) is 5.87. The molecule has 1 saturated heterocycles. The SMILES string of the molecule is CC1(C)CC(O)CCN(c2ncc(Cl)cn2)C1. The highest BCUT2D eigenvalue weighted by molar-refractivity contribution is 6.30. The molecule has 1 aliphatic heterocycles. The fourth-order valence-electron chi connectivity index (χ4n) is 2.34. The van der Waals surface area contributed by atoms with Gasteiger partial charge in [-0.3, -0.25) is 0 Å². The molecule has 2 heterocycles. The van der Waals surface area contributed by atoms with E-state index in [1.165, 1.54) is 0 Å². The van der Waals surface area contributed by atoms with Gasteiger partial charge >= 0.3 is 0 Å². The molecule has 1 unspecified atom stereocenters. The van der Waals surface area contributed by atoms with Crippen molar-refractivity contribution in [3.05, 3.63) is 17.4 Å².